The molecular formula is C22H21N5O4. The smallest absolute Gasteiger partial charge is 0.229 e. The molecule has 1 aliphatic carbocycles. The van der Waals surface area contributed by atoms with Crippen LogP contribution in [0.5, 0.6) is 5.75 Å². The Kier molecular flexibility index (Phi) is 4.67. The summed E-state index contributed by atoms with van der Waals surface area (Å²) in [5.74, 6) is 1.92. The molecule has 1 fully saturated rings. The number of amides is 1. The molecule has 0 bridgehead atoms. The minimum Gasteiger partial charge on any atom is -0.497 e. The zero-order valence-corrected chi connectivity index (χ0v) is 17.0. The number of oxazole rings is 1. The molecule has 0 unspecified atom stereocenters. The Morgan fingerprint density at radius 1 is 1.26 bits per heavy atom. The van der Waals surface area contributed by atoms with Gasteiger partial charge in [-0.15, -0.1) is 0 Å². The summed E-state index contributed by atoms with van der Waals surface area (Å²) in [6.45, 7) is 0.0209. The first-order valence-electron chi connectivity index (χ1n) is 9.94. The van der Waals surface area contributed by atoms with Crippen LogP contribution in [-0.4, -0.2) is 46.7 Å². The highest BCUT2D eigenvalue weighted by Gasteiger charge is 2.42. The molecule has 0 aliphatic heterocycles. The first-order chi connectivity index (χ1) is 15.1. The number of pyridine rings is 2. The van der Waals surface area contributed by atoms with Crippen LogP contribution in [0.1, 0.15) is 6.42 Å². The number of benzene rings is 1. The Hall–Kier alpha value is -3.72. The van der Waals surface area contributed by atoms with E-state index in [-0.39, 0.29) is 24.3 Å². The van der Waals surface area contributed by atoms with Crippen LogP contribution in [0.15, 0.2) is 41.1 Å². The van der Waals surface area contributed by atoms with Gasteiger partial charge in [0.1, 0.15) is 22.9 Å². The number of aliphatic hydroxyl groups excluding tert-OH is 1. The lowest BCUT2D eigenvalue weighted by Crippen LogP contribution is -2.16. The molecule has 9 heteroatoms. The molecule has 2 atom stereocenters. The highest BCUT2D eigenvalue weighted by Crippen LogP contribution is 2.39. The minimum absolute atomic E-state index is 0.0209. The number of hydrogen-bond donors (Lipinski definition) is 3. The van der Waals surface area contributed by atoms with Gasteiger partial charge in [0.25, 0.3) is 0 Å². The van der Waals surface area contributed by atoms with Gasteiger partial charge in [0, 0.05) is 48.8 Å². The molecule has 1 aromatic carbocycles. The van der Waals surface area contributed by atoms with E-state index in [1.807, 2.05) is 12.1 Å². The highest BCUT2D eigenvalue weighted by molar-refractivity contribution is 6.03. The van der Waals surface area contributed by atoms with Crippen molar-refractivity contribution in [2.24, 2.45) is 11.8 Å². The van der Waals surface area contributed by atoms with Crippen molar-refractivity contribution in [2.75, 3.05) is 31.4 Å². The topological polar surface area (TPSA) is 122 Å². The number of aliphatic hydroxyl groups is 1. The average molecular weight is 419 g/mol. The van der Waals surface area contributed by atoms with Gasteiger partial charge in [-0.2, -0.15) is 0 Å². The summed E-state index contributed by atoms with van der Waals surface area (Å²) < 4.78 is 11.2. The van der Waals surface area contributed by atoms with Crippen molar-refractivity contribution in [2.45, 2.75) is 6.42 Å². The summed E-state index contributed by atoms with van der Waals surface area (Å²) >= 11 is 0. The van der Waals surface area contributed by atoms with Gasteiger partial charge >= 0.3 is 0 Å². The van der Waals surface area contributed by atoms with E-state index in [9.17, 15) is 9.90 Å². The fourth-order valence-electron chi connectivity index (χ4n) is 3.71. The number of anilines is 2. The third kappa shape index (κ3) is 3.42. The number of aromatic nitrogens is 3. The van der Waals surface area contributed by atoms with Crippen LogP contribution in [-0.2, 0) is 4.79 Å². The number of methoxy groups -OCH3 is 1. The van der Waals surface area contributed by atoms with Crippen molar-refractivity contribution in [3.8, 4) is 17.2 Å². The maximum Gasteiger partial charge on any atom is 0.229 e. The molecule has 0 saturated heterocycles. The molecule has 3 heterocycles. The third-order valence-electron chi connectivity index (χ3n) is 5.58. The molecule has 3 aromatic heterocycles. The van der Waals surface area contributed by atoms with Gasteiger partial charge in [0.05, 0.1) is 12.7 Å². The number of hydrogen-bond acceptors (Lipinski definition) is 8. The van der Waals surface area contributed by atoms with Crippen molar-refractivity contribution in [3.63, 3.8) is 0 Å². The molecule has 1 aliphatic rings. The second-order valence-electron chi connectivity index (χ2n) is 7.51. The number of nitrogens with zero attached hydrogens (tertiary/aromatic N) is 3. The number of carbonyl (C=O) groups is 1. The summed E-state index contributed by atoms with van der Waals surface area (Å²) in [5.41, 5.74) is 1.99. The third-order valence-corrected chi connectivity index (χ3v) is 5.58. The minimum atomic E-state index is -0.167. The molecule has 1 saturated carbocycles. The van der Waals surface area contributed by atoms with Crippen LogP contribution >= 0.6 is 0 Å². The predicted molar refractivity (Wildman–Crippen MR) is 116 cm³/mol. The molecule has 158 valence electrons. The maximum atomic E-state index is 12.4. The molecule has 0 radical (unpaired) electrons. The van der Waals surface area contributed by atoms with Crippen molar-refractivity contribution in [1.82, 2.24) is 15.0 Å². The highest BCUT2D eigenvalue weighted by atomic mass is 16.5. The van der Waals surface area contributed by atoms with Gasteiger partial charge in [0.2, 0.25) is 11.8 Å². The van der Waals surface area contributed by atoms with Crippen LogP contribution in [0.4, 0.5) is 11.6 Å². The monoisotopic (exact) mass is 419 g/mol. The fraction of sp³-hybridized carbons (Fsp3) is 0.273. The SMILES string of the molecule is CNc1ncc(-c2nc3cc(OC)ccc3o2)c2cc(NC(=O)[C@@H]3C[C@@H]3CO)ncc12. The lowest BCUT2D eigenvalue weighted by Gasteiger charge is -2.10. The zero-order chi connectivity index (χ0) is 21.5. The van der Waals surface area contributed by atoms with E-state index < -0.39 is 0 Å². The predicted octanol–water partition coefficient (Wildman–Crippen LogP) is 3.06. The summed E-state index contributed by atoms with van der Waals surface area (Å²) in [7, 11) is 3.38. The van der Waals surface area contributed by atoms with Gasteiger partial charge in [-0.1, -0.05) is 0 Å². The van der Waals surface area contributed by atoms with Gasteiger partial charge in [-0.25, -0.2) is 15.0 Å². The Morgan fingerprint density at radius 2 is 2.13 bits per heavy atom. The Bertz CT molecular complexity index is 1300. The molecule has 0 spiro atoms. The second-order valence-corrected chi connectivity index (χ2v) is 7.51. The van der Waals surface area contributed by atoms with Crippen molar-refractivity contribution < 1.29 is 19.1 Å². The quantitative estimate of drug-likeness (QED) is 0.436. The number of nitrogens with one attached hydrogen (secondary N) is 2. The van der Waals surface area contributed by atoms with Crippen LogP contribution in [0.2, 0.25) is 0 Å². The second kappa shape index (κ2) is 7.51. The lowest BCUT2D eigenvalue weighted by molar-refractivity contribution is -0.117. The van der Waals surface area contributed by atoms with E-state index in [1.165, 1.54) is 0 Å². The first kappa shape index (κ1) is 19.3. The Morgan fingerprint density at radius 3 is 2.87 bits per heavy atom. The molecule has 31 heavy (non-hydrogen) atoms. The maximum absolute atomic E-state index is 12.4. The average Bonchev–Trinajstić information content (AvgIpc) is 3.48. The van der Waals surface area contributed by atoms with E-state index >= 15 is 0 Å². The van der Waals surface area contributed by atoms with E-state index in [0.717, 1.165) is 10.8 Å². The van der Waals surface area contributed by atoms with Crippen LogP contribution in [0, 0.1) is 11.8 Å². The molecular weight excluding hydrogens is 398 g/mol. The van der Waals surface area contributed by atoms with Crippen molar-refractivity contribution >= 4 is 39.4 Å². The van der Waals surface area contributed by atoms with Crippen LogP contribution < -0.4 is 15.4 Å². The zero-order valence-electron chi connectivity index (χ0n) is 17.0. The van der Waals surface area contributed by atoms with Gasteiger partial charge in [0.15, 0.2) is 5.58 Å². The number of carbonyl (C=O) groups excluding carboxylic acids is 1. The summed E-state index contributed by atoms with van der Waals surface area (Å²) in [5, 5.41) is 16.7. The number of ether oxygens (including phenoxy) is 1. The first-order valence-corrected chi connectivity index (χ1v) is 9.94. The Balaban J connectivity index is 1.58. The van der Waals surface area contributed by atoms with E-state index in [2.05, 4.69) is 25.6 Å². The molecule has 9 nitrogen and oxygen atoms in total. The van der Waals surface area contributed by atoms with Gasteiger partial charge in [-0.05, 0) is 30.5 Å². The molecule has 3 N–H and O–H groups in total. The Labute approximate surface area is 177 Å². The largest absolute Gasteiger partial charge is 0.497 e. The van der Waals surface area contributed by atoms with Gasteiger partial charge < -0.3 is 24.9 Å². The summed E-state index contributed by atoms with van der Waals surface area (Å²) in [4.78, 5) is 25.9. The lowest BCUT2D eigenvalue weighted by atomic mass is 10.1. The number of rotatable bonds is 6. The van der Waals surface area contributed by atoms with Crippen LogP contribution in [0.25, 0.3) is 33.3 Å². The summed E-state index contributed by atoms with van der Waals surface area (Å²) in [6, 6.07) is 7.21. The van der Waals surface area contributed by atoms with Crippen molar-refractivity contribution in [3.05, 3.63) is 36.7 Å². The molecule has 4 aromatic rings. The fourth-order valence-corrected chi connectivity index (χ4v) is 3.71. The molecule has 5 rings (SSSR count). The van der Waals surface area contributed by atoms with Gasteiger partial charge in [-0.3, -0.25) is 4.79 Å². The van der Waals surface area contributed by atoms with Crippen LogP contribution in [0.3, 0.4) is 0 Å². The van der Waals surface area contributed by atoms with E-state index in [0.29, 0.717) is 46.4 Å². The standard InChI is InChI=1S/C22H21N5O4/c1-23-20-15-8-24-19(27-21(29)13-5-11(13)10-28)7-14(15)16(9-25-20)22-26-17-6-12(30-2)3-4-18(17)31-22/h3-4,6-9,11,13,28H,5,10H2,1-2H3,(H,23,25)(H,24,27,29)/t11-,13-/m1/s1. The number of fused-ring (bicyclic) bond motifs is 2. The van der Waals surface area contributed by atoms with E-state index in [1.54, 1.807) is 38.7 Å². The molecule has 1 amide bonds. The van der Waals surface area contributed by atoms with E-state index in [4.69, 9.17) is 9.15 Å². The van der Waals surface area contributed by atoms with Crippen molar-refractivity contribution in [1.29, 1.82) is 0 Å². The normalized spacial score (nSPS) is 17.6. The summed E-state index contributed by atoms with van der Waals surface area (Å²) in [6.07, 6.45) is 4.04.